The molecule has 1 N–H and O–H groups in total. The monoisotopic (exact) mass is 509 g/mol. The number of ether oxygens (including phenoxy) is 1. The Kier molecular flexibility index (Phi) is 6.55. The number of hydrogen-bond donors (Lipinski definition) is 1. The van der Waals surface area contributed by atoms with E-state index in [-0.39, 0.29) is 0 Å². The normalized spacial score (nSPS) is 18.0. The van der Waals surface area contributed by atoms with Crippen molar-refractivity contribution in [1.82, 2.24) is 34.5 Å². The molecule has 0 bridgehead atoms. The van der Waals surface area contributed by atoms with Crippen LogP contribution in [0.15, 0.2) is 43.1 Å². The van der Waals surface area contributed by atoms with Crippen molar-refractivity contribution in [2.24, 2.45) is 5.92 Å². The van der Waals surface area contributed by atoms with Gasteiger partial charge in [0.2, 0.25) is 0 Å². The molecule has 8 heteroatoms. The Bertz CT molecular complexity index is 1560. The van der Waals surface area contributed by atoms with E-state index >= 15 is 0 Å². The van der Waals surface area contributed by atoms with Gasteiger partial charge in [-0.1, -0.05) is 13.8 Å². The number of nitrogens with one attached hydrogen (secondary N) is 1. The number of H-pyrrole nitrogens is 1. The Labute approximate surface area is 222 Å². The minimum Gasteiger partial charge on any atom is -0.493 e. The summed E-state index contributed by atoms with van der Waals surface area (Å²) in [5, 5.41) is 4.35. The summed E-state index contributed by atoms with van der Waals surface area (Å²) in [6.45, 7) is 6.45. The molecule has 0 unspecified atom stereocenters. The van der Waals surface area contributed by atoms with Crippen LogP contribution in [0.1, 0.15) is 80.4 Å². The average Bonchev–Trinajstić information content (AvgIpc) is 3.57. The van der Waals surface area contributed by atoms with Crippen LogP contribution >= 0.6 is 0 Å². The maximum atomic E-state index is 5.62. The molecule has 1 aliphatic carbocycles. The van der Waals surface area contributed by atoms with E-state index in [0.717, 1.165) is 46.0 Å². The maximum Gasteiger partial charge on any atom is 0.197 e. The van der Waals surface area contributed by atoms with Crippen LogP contribution in [-0.4, -0.2) is 41.6 Å². The van der Waals surface area contributed by atoms with Gasteiger partial charge >= 0.3 is 0 Å². The van der Waals surface area contributed by atoms with Gasteiger partial charge in [-0.25, -0.2) is 9.50 Å². The number of hydrogen-bond acceptors (Lipinski definition) is 6. The van der Waals surface area contributed by atoms with Gasteiger partial charge in [-0.2, -0.15) is 5.10 Å². The summed E-state index contributed by atoms with van der Waals surface area (Å²) in [5.41, 5.74) is 9.47. The van der Waals surface area contributed by atoms with Crippen molar-refractivity contribution < 1.29 is 4.74 Å². The highest BCUT2D eigenvalue weighted by atomic mass is 16.5. The molecular weight excluding hydrogens is 474 g/mol. The molecular formula is C30H35N7O. The van der Waals surface area contributed by atoms with Crippen LogP contribution in [0.2, 0.25) is 0 Å². The number of pyridine rings is 2. The van der Waals surface area contributed by atoms with E-state index in [1.165, 1.54) is 43.4 Å². The van der Waals surface area contributed by atoms with E-state index in [9.17, 15) is 0 Å². The highest BCUT2D eigenvalue weighted by molar-refractivity contribution is 5.89. The highest BCUT2D eigenvalue weighted by Gasteiger charge is 2.25. The van der Waals surface area contributed by atoms with Crippen LogP contribution in [-0.2, 0) is 6.42 Å². The molecule has 0 saturated heterocycles. The van der Waals surface area contributed by atoms with E-state index in [1.807, 2.05) is 31.6 Å². The molecule has 1 fully saturated rings. The first-order chi connectivity index (χ1) is 18.5. The number of nitrogens with zero attached hydrogens (tertiary/aromatic N) is 6. The topological polar surface area (TPSA) is 93.9 Å². The van der Waals surface area contributed by atoms with E-state index in [1.54, 1.807) is 18.0 Å². The van der Waals surface area contributed by atoms with Crippen molar-refractivity contribution in [2.75, 3.05) is 7.11 Å². The van der Waals surface area contributed by atoms with E-state index < -0.39 is 0 Å². The van der Waals surface area contributed by atoms with E-state index in [0.29, 0.717) is 23.2 Å². The lowest BCUT2D eigenvalue weighted by molar-refractivity contribution is 0.307. The SMILES string of the molecule is COc1cc(-c2[nH]c3ccc(C4CCC(CCc5cnc(C)cn5)CC4)nc3c2C(C)C)cn2ncnc12. The summed E-state index contributed by atoms with van der Waals surface area (Å²) in [6, 6.07) is 6.46. The standard InChI is InChI=1S/C30H35N7O/c1-18(2)27-28(22-13-26(38-4)30-33-17-34-37(30)16-22)36-25-12-11-24(35-29(25)27)21-8-5-20(6-9-21)7-10-23-15-31-19(3)14-32-23/h11-18,20-21,36H,5-10H2,1-4H3. The Balaban J connectivity index is 1.23. The minimum absolute atomic E-state index is 0.305. The molecule has 0 radical (unpaired) electrons. The Morgan fingerprint density at radius 3 is 2.66 bits per heavy atom. The third-order valence-corrected chi connectivity index (χ3v) is 8.04. The summed E-state index contributed by atoms with van der Waals surface area (Å²) < 4.78 is 7.39. The first kappa shape index (κ1) is 24.5. The van der Waals surface area contributed by atoms with Gasteiger partial charge in [0.05, 0.1) is 35.2 Å². The van der Waals surface area contributed by atoms with Crippen molar-refractivity contribution in [3.05, 3.63) is 65.8 Å². The molecule has 0 spiro atoms. The van der Waals surface area contributed by atoms with Crippen LogP contribution in [0.3, 0.4) is 0 Å². The van der Waals surface area contributed by atoms with Crippen molar-refractivity contribution in [2.45, 2.75) is 71.1 Å². The van der Waals surface area contributed by atoms with Crippen LogP contribution in [0, 0.1) is 12.8 Å². The lowest BCUT2D eigenvalue weighted by Crippen LogP contribution is -2.15. The first-order valence-corrected chi connectivity index (χ1v) is 13.7. The van der Waals surface area contributed by atoms with E-state index in [4.69, 9.17) is 9.72 Å². The van der Waals surface area contributed by atoms with Crippen molar-refractivity contribution in [3.8, 4) is 17.0 Å². The summed E-state index contributed by atoms with van der Waals surface area (Å²) in [6.07, 6.45) is 14.4. The van der Waals surface area contributed by atoms with Crippen molar-refractivity contribution >= 4 is 16.7 Å². The van der Waals surface area contributed by atoms with Crippen molar-refractivity contribution in [3.63, 3.8) is 0 Å². The molecule has 38 heavy (non-hydrogen) atoms. The molecule has 5 aromatic rings. The van der Waals surface area contributed by atoms with Crippen LogP contribution in [0.25, 0.3) is 27.9 Å². The van der Waals surface area contributed by atoms with Crippen LogP contribution in [0.4, 0.5) is 0 Å². The Hall–Kier alpha value is -3.81. The fraction of sp³-hybridized carbons (Fsp3) is 0.433. The summed E-state index contributed by atoms with van der Waals surface area (Å²) in [5.74, 6) is 2.28. The molecule has 0 amide bonds. The van der Waals surface area contributed by atoms with Gasteiger partial charge in [0.25, 0.3) is 0 Å². The van der Waals surface area contributed by atoms with Gasteiger partial charge in [-0.3, -0.25) is 15.0 Å². The molecule has 5 heterocycles. The number of rotatable bonds is 7. The average molecular weight is 510 g/mol. The second kappa shape index (κ2) is 10.2. The molecule has 1 saturated carbocycles. The van der Waals surface area contributed by atoms with Crippen LogP contribution < -0.4 is 4.74 Å². The van der Waals surface area contributed by atoms with Gasteiger partial charge in [-0.05, 0) is 75.5 Å². The Morgan fingerprint density at radius 1 is 1.08 bits per heavy atom. The fourth-order valence-corrected chi connectivity index (χ4v) is 5.95. The zero-order valence-corrected chi connectivity index (χ0v) is 22.6. The summed E-state index contributed by atoms with van der Waals surface area (Å²) in [7, 11) is 1.67. The Morgan fingerprint density at radius 2 is 1.92 bits per heavy atom. The zero-order chi connectivity index (χ0) is 26.2. The van der Waals surface area contributed by atoms with Crippen LogP contribution in [0.5, 0.6) is 5.75 Å². The maximum absolute atomic E-state index is 5.62. The second-order valence-corrected chi connectivity index (χ2v) is 10.9. The first-order valence-electron chi connectivity index (χ1n) is 13.7. The molecule has 1 aliphatic rings. The molecule has 6 rings (SSSR count). The van der Waals surface area contributed by atoms with Gasteiger partial charge in [0.15, 0.2) is 11.4 Å². The van der Waals surface area contributed by atoms with Gasteiger partial charge in [-0.15, -0.1) is 0 Å². The molecule has 196 valence electrons. The predicted octanol–water partition coefficient (Wildman–Crippen LogP) is 6.41. The third kappa shape index (κ3) is 4.64. The minimum atomic E-state index is 0.305. The third-order valence-electron chi connectivity index (χ3n) is 8.04. The quantitative estimate of drug-likeness (QED) is 0.272. The summed E-state index contributed by atoms with van der Waals surface area (Å²) in [4.78, 5) is 22.2. The van der Waals surface area contributed by atoms with Gasteiger partial charge < -0.3 is 9.72 Å². The molecule has 8 nitrogen and oxygen atoms in total. The second-order valence-electron chi connectivity index (χ2n) is 10.9. The van der Waals surface area contributed by atoms with E-state index in [2.05, 4.69) is 51.0 Å². The zero-order valence-electron chi connectivity index (χ0n) is 22.6. The number of aryl methyl sites for hydroxylation is 2. The molecule has 0 atom stereocenters. The van der Waals surface area contributed by atoms with Gasteiger partial charge in [0.1, 0.15) is 6.33 Å². The highest BCUT2D eigenvalue weighted by Crippen LogP contribution is 2.40. The number of aromatic amines is 1. The number of fused-ring (bicyclic) bond motifs is 2. The number of methoxy groups -OCH3 is 1. The smallest absolute Gasteiger partial charge is 0.197 e. The lowest BCUT2D eigenvalue weighted by atomic mass is 9.78. The molecule has 0 aliphatic heterocycles. The van der Waals surface area contributed by atoms with Crippen molar-refractivity contribution in [1.29, 1.82) is 0 Å². The summed E-state index contributed by atoms with van der Waals surface area (Å²) >= 11 is 0. The lowest BCUT2D eigenvalue weighted by Gasteiger charge is -2.28. The number of aromatic nitrogens is 7. The molecule has 5 aromatic heterocycles. The predicted molar refractivity (Wildman–Crippen MR) is 149 cm³/mol. The molecule has 0 aromatic carbocycles. The van der Waals surface area contributed by atoms with Gasteiger partial charge in [0, 0.05) is 41.3 Å². The fourth-order valence-electron chi connectivity index (χ4n) is 5.95. The largest absolute Gasteiger partial charge is 0.493 e.